The summed E-state index contributed by atoms with van der Waals surface area (Å²) in [7, 11) is 0. The second-order valence-corrected chi connectivity index (χ2v) is 5.13. The third kappa shape index (κ3) is 18.9. The number of carbonyl (C=O) groups excluding carboxylic acids is 1. The average molecular weight is 369 g/mol. The van der Waals surface area contributed by atoms with Crippen LogP contribution in [0, 0.1) is 0 Å². The molecule has 26 heavy (non-hydrogen) atoms. The van der Waals surface area contributed by atoms with Crippen molar-refractivity contribution in [1.29, 1.82) is 0 Å². The maximum Gasteiger partial charge on any atom is 0.330 e. The monoisotopic (exact) mass is 369 g/mol. The molecular weight excluding hydrogens is 342 g/mol. The highest BCUT2D eigenvalue weighted by Gasteiger charge is 2.15. The number of carboxylic acid groups (broad SMARTS) is 3. The number of carboxylic acids is 3. The van der Waals surface area contributed by atoms with Crippen molar-refractivity contribution in [3.63, 3.8) is 0 Å². The van der Waals surface area contributed by atoms with Crippen molar-refractivity contribution in [2.24, 2.45) is 0 Å². The second-order valence-electron chi connectivity index (χ2n) is 5.13. The maximum atomic E-state index is 10.7. The molecule has 1 aliphatic heterocycles. The number of rotatable bonds is 4. The molecule has 1 fully saturated rings. The van der Waals surface area contributed by atoms with Gasteiger partial charge in [-0.15, -0.1) is 0 Å². The normalized spacial score (nSPS) is 11.2. The van der Waals surface area contributed by atoms with E-state index in [1.165, 1.54) is 20.8 Å². The molecule has 0 aliphatic carbocycles. The number of hydrogen-bond acceptors (Lipinski definition) is 4. The molecule has 8 heteroatoms. The van der Waals surface area contributed by atoms with Gasteiger partial charge >= 0.3 is 17.9 Å². The standard InChI is InChI=1S/C6H9NO.3C4H6O2/c1-2-7-5-3-4-6(7)8;3*1-3(2)4(5)6/h2H,1,3-5H2;3*1H2,2H3,(H,5,6). The molecule has 0 radical (unpaired) electrons. The zero-order chi connectivity index (χ0) is 21.4. The number of hydrogen-bond donors (Lipinski definition) is 3. The van der Waals surface area contributed by atoms with Gasteiger partial charge < -0.3 is 20.2 Å². The van der Waals surface area contributed by atoms with Gasteiger partial charge in [-0.3, -0.25) is 4.79 Å². The highest BCUT2D eigenvalue weighted by Crippen LogP contribution is 2.08. The predicted octanol–water partition coefficient (Wildman–Crippen LogP) is 2.69. The fourth-order valence-corrected chi connectivity index (χ4v) is 0.862. The van der Waals surface area contributed by atoms with Gasteiger partial charge in [0, 0.05) is 29.7 Å². The van der Waals surface area contributed by atoms with Gasteiger partial charge in [0.15, 0.2) is 0 Å². The van der Waals surface area contributed by atoms with Crippen LogP contribution in [-0.2, 0) is 19.2 Å². The first-order chi connectivity index (χ1) is 11.8. The van der Waals surface area contributed by atoms with E-state index in [9.17, 15) is 19.2 Å². The third-order valence-corrected chi connectivity index (χ3v) is 2.43. The van der Waals surface area contributed by atoms with E-state index in [0.29, 0.717) is 6.42 Å². The van der Waals surface area contributed by atoms with E-state index >= 15 is 0 Å². The van der Waals surface area contributed by atoms with E-state index in [-0.39, 0.29) is 22.6 Å². The van der Waals surface area contributed by atoms with Crippen molar-refractivity contribution in [3.05, 3.63) is 49.2 Å². The van der Waals surface area contributed by atoms with Crippen molar-refractivity contribution < 1.29 is 34.5 Å². The molecule has 1 saturated heterocycles. The summed E-state index contributed by atoms with van der Waals surface area (Å²) in [5.41, 5.74) is 0.528. The van der Waals surface area contributed by atoms with Crippen LogP contribution in [0.1, 0.15) is 33.6 Å². The molecule has 1 heterocycles. The Labute approximate surface area is 153 Å². The van der Waals surface area contributed by atoms with Crippen LogP contribution in [0.25, 0.3) is 0 Å². The zero-order valence-electron chi connectivity index (χ0n) is 15.4. The molecule has 0 bridgehead atoms. The Bertz CT molecular complexity index is 483. The summed E-state index contributed by atoms with van der Waals surface area (Å²) in [6.45, 7) is 18.2. The number of amides is 1. The van der Waals surface area contributed by atoms with Crippen molar-refractivity contribution in [1.82, 2.24) is 4.90 Å². The Kier molecular flexibility index (Phi) is 16.4. The van der Waals surface area contributed by atoms with Crippen molar-refractivity contribution in [2.75, 3.05) is 6.54 Å². The summed E-state index contributed by atoms with van der Waals surface area (Å²) in [5, 5.41) is 23.7. The van der Waals surface area contributed by atoms with Crippen LogP contribution in [0.15, 0.2) is 49.2 Å². The van der Waals surface area contributed by atoms with Crippen LogP contribution < -0.4 is 0 Å². The second kappa shape index (κ2) is 15.4. The van der Waals surface area contributed by atoms with Crippen LogP contribution >= 0.6 is 0 Å². The molecule has 0 aromatic carbocycles. The number of nitrogens with zero attached hydrogens (tertiary/aromatic N) is 1. The lowest BCUT2D eigenvalue weighted by molar-refractivity contribution is -0.133. The van der Waals surface area contributed by atoms with Gasteiger partial charge in [0.2, 0.25) is 5.91 Å². The highest BCUT2D eigenvalue weighted by molar-refractivity contribution is 5.85. The number of carbonyl (C=O) groups is 4. The molecule has 146 valence electrons. The zero-order valence-corrected chi connectivity index (χ0v) is 15.4. The first kappa shape index (κ1) is 27.7. The third-order valence-electron chi connectivity index (χ3n) is 2.43. The van der Waals surface area contributed by atoms with Crippen LogP contribution in [0.4, 0.5) is 0 Å². The van der Waals surface area contributed by atoms with Crippen molar-refractivity contribution in [3.8, 4) is 0 Å². The van der Waals surface area contributed by atoms with Crippen molar-refractivity contribution in [2.45, 2.75) is 33.6 Å². The largest absolute Gasteiger partial charge is 0.478 e. The molecule has 3 N–H and O–H groups in total. The molecule has 0 aromatic rings. The summed E-state index contributed by atoms with van der Waals surface area (Å²) < 4.78 is 0. The summed E-state index contributed by atoms with van der Waals surface area (Å²) in [6.07, 6.45) is 3.28. The predicted molar refractivity (Wildman–Crippen MR) is 98.5 cm³/mol. The van der Waals surface area contributed by atoms with Gasteiger partial charge in [0.05, 0.1) is 0 Å². The Morgan fingerprint density at radius 1 is 0.885 bits per heavy atom. The van der Waals surface area contributed by atoms with E-state index in [1.807, 2.05) is 0 Å². The minimum atomic E-state index is -0.935. The summed E-state index contributed by atoms with van der Waals surface area (Å²) in [6, 6.07) is 0. The Morgan fingerprint density at radius 3 is 1.23 bits per heavy atom. The molecule has 8 nitrogen and oxygen atoms in total. The van der Waals surface area contributed by atoms with Gasteiger partial charge in [0.1, 0.15) is 0 Å². The van der Waals surface area contributed by atoms with Gasteiger partial charge in [-0.1, -0.05) is 26.3 Å². The fraction of sp³-hybridized carbons (Fsp3) is 0.333. The lowest BCUT2D eigenvalue weighted by Crippen LogP contribution is -2.16. The Balaban J connectivity index is -0.000000275. The summed E-state index contributed by atoms with van der Waals surface area (Å²) in [5.74, 6) is -2.60. The molecule has 0 unspecified atom stereocenters. The van der Waals surface area contributed by atoms with Gasteiger partial charge in [-0.2, -0.15) is 0 Å². The Morgan fingerprint density at radius 2 is 1.15 bits per heavy atom. The average Bonchev–Trinajstić information content (AvgIpc) is 2.94. The molecule has 1 amide bonds. The summed E-state index contributed by atoms with van der Waals surface area (Å²) in [4.78, 5) is 41.1. The SMILES string of the molecule is C=C(C)C(=O)O.C=C(C)C(=O)O.C=C(C)C(=O)O.C=CN1CCCC1=O. The van der Waals surface area contributed by atoms with Crippen LogP contribution in [0.3, 0.4) is 0 Å². The molecule has 0 spiro atoms. The van der Waals surface area contributed by atoms with Crippen LogP contribution in [0.5, 0.6) is 0 Å². The molecule has 0 aromatic heterocycles. The lowest BCUT2D eigenvalue weighted by Gasteiger charge is -2.05. The molecule has 0 saturated carbocycles. The maximum absolute atomic E-state index is 10.7. The van der Waals surface area contributed by atoms with Gasteiger partial charge in [0.25, 0.3) is 0 Å². The fourth-order valence-electron chi connectivity index (χ4n) is 0.862. The topological polar surface area (TPSA) is 132 Å². The first-order valence-corrected chi connectivity index (χ1v) is 7.36. The Hall–Kier alpha value is -3.16. The lowest BCUT2D eigenvalue weighted by atomic mass is 10.4. The molecule has 1 aliphatic rings. The molecular formula is C18H27NO7. The molecule has 0 atom stereocenters. The summed E-state index contributed by atoms with van der Waals surface area (Å²) >= 11 is 0. The minimum absolute atomic E-state index is 0.176. The minimum Gasteiger partial charge on any atom is -0.478 e. The first-order valence-electron chi connectivity index (χ1n) is 7.36. The van der Waals surface area contributed by atoms with E-state index in [2.05, 4.69) is 26.3 Å². The van der Waals surface area contributed by atoms with E-state index in [4.69, 9.17) is 15.3 Å². The van der Waals surface area contributed by atoms with Crippen LogP contribution in [0.2, 0.25) is 0 Å². The number of aliphatic carboxylic acids is 3. The van der Waals surface area contributed by atoms with E-state index < -0.39 is 17.9 Å². The van der Waals surface area contributed by atoms with E-state index in [0.717, 1.165) is 13.0 Å². The van der Waals surface area contributed by atoms with Gasteiger partial charge in [-0.25, -0.2) is 14.4 Å². The molecule has 1 rings (SSSR count). The van der Waals surface area contributed by atoms with Gasteiger partial charge in [-0.05, 0) is 33.4 Å². The highest BCUT2D eigenvalue weighted by atomic mass is 16.4. The quantitative estimate of drug-likeness (QED) is 0.649. The van der Waals surface area contributed by atoms with Crippen LogP contribution in [-0.4, -0.2) is 50.6 Å². The number of likely N-dealkylation sites (tertiary alicyclic amines) is 1. The van der Waals surface area contributed by atoms with E-state index in [1.54, 1.807) is 11.1 Å². The smallest absolute Gasteiger partial charge is 0.330 e. The van der Waals surface area contributed by atoms with Crippen molar-refractivity contribution >= 4 is 23.8 Å².